The zero-order valence-corrected chi connectivity index (χ0v) is 15.9. The lowest BCUT2D eigenvalue weighted by Crippen LogP contribution is -1.81. The summed E-state index contributed by atoms with van der Waals surface area (Å²) in [5, 5.41) is 10.2. The summed E-state index contributed by atoms with van der Waals surface area (Å²) in [4.78, 5) is 0. The first-order valence-electron chi connectivity index (χ1n) is 7.82. The Kier molecular flexibility index (Phi) is 3.19. The fourth-order valence-corrected chi connectivity index (χ4v) is 4.85. The van der Waals surface area contributed by atoms with Crippen molar-refractivity contribution in [1.29, 1.82) is 0 Å². The van der Waals surface area contributed by atoms with E-state index in [0.29, 0.717) is 0 Å². The molecule has 114 valence electrons. The molecule has 24 heavy (non-hydrogen) atoms. The normalized spacial score (nSPS) is 11.8. The third-order valence-electron chi connectivity index (χ3n) is 4.64. The molecule has 5 aromatic carbocycles. The van der Waals surface area contributed by atoms with Gasteiger partial charge in [0.1, 0.15) is 0 Å². The van der Waals surface area contributed by atoms with Crippen LogP contribution in [0, 0.1) is 0 Å². The molecule has 0 saturated carbocycles. The van der Waals surface area contributed by atoms with Crippen molar-refractivity contribution in [3.63, 3.8) is 0 Å². The lowest BCUT2D eigenvalue weighted by Gasteiger charge is -2.08. The van der Waals surface area contributed by atoms with E-state index >= 15 is 0 Å². The van der Waals surface area contributed by atoms with E-state index in [2.05, 4.69) is 105 Å². The van der Waals surface area contributed by atoms with Crippen LogP contribution in [0.1, 0.15) is 0 Å². The van der Waals surface area contributed by atoms with E-state index in [0.717, 1.165) is 8.95 Å². The van der Waals surface area contributed by atoms with Crippen molar-refractivity contribution in [1.82, 2.24) is 0 Å². The summed E-state index contributed by atoms with van der Waals surface area (Å²) in [6, 6.07) is 26.5. The van der Waals surface area contributed by atoms with E-state index in [1.54, 1.807) is 0 Å². The van der Waals surface area contributed by atoms with Crippen molar-refractivity contribution in [2.75, 3.05) is 0 Å². The number of rotatable bonds is 0. The summed E-state index contributed by atoms with van der Waals surface area (Å²) in [5.74, 6) is 0. The Morgan fingerprint density at radius 1 is 0.458 bits per heavy atom. The highest BCUT2D eigenvalue weighted by Crippen LogP contribution is 2.34. The first-order valence-corrected chi connectivity index (χ1v) is 9.41. The average molecular weight is 436 g/mol. The van der Waals surface area contributed by atoms with Gasteiger partial charge in [-0.25, -0.2) is 0 Å². The summed E-state index contributed by atoms with van der Waals surface area (Å²) in [5.41, 5.74) is 0. The zero-order chi connectivity index (χ0) is 16.3. The van der Waals surface area contributed by atoms with Crippen LogP contribution in [-0.4, -0.2) is 0 Å². The topological polar surface area (TPSA) is 0 Å². The molecule has 0 saturated heterocycles. The molecule has 0 N–H and O–H groups in total. The lowest BCUT2D eigenvalue weighted by atomic mass is 9.97. The molecule has 0 spiro atoms. The molecule has 0 atom stereocenters. The van der Waals surface area contributed by atoms with Crippen LogP contribution in [-0.2, 0) is 0 Å². The molecular formula is C22H12Br2. The number of fused-ring (bicyclic) bond motifs is 4. The molecule has 0 aliphatic heterocycles. The number of halogens is 2. The molecule has 0 nitrogen and oxygen atoms in total. The van der Waals surface area contributed by atoms with Crippen LogP contribution in [0.2, 0.25) is 0 Å². The molecule has 0 aliphatic rings. The summed E-state index contributed by atoms with van der Waals surface area (Å²) in [6.07, 6.45) is 0. The molecule has 5 aromatic rings. The second kappa shape index (κ2) is 5.30. The standard InChI is InChI=1S/C22H12Br2/c23-20-10-19-9-17-7-15-5-13-3-1-2-4-14(13)6-16(15)8-18(17)11-21(19)22(24)12-20/h1-12H. The summed E-state index contributed by atoms with van der Waals surface area (Å²) in [7, 11) is 0. The Labute approximate surface area is 156 Å². The van der Waals surface area contributed by atoms with Gasteiger partial charge < -0.3 is 0 Å². The van der Waals surface area contributed by atoms with E-state index in [1.165, 1.54) is 43.1 Å². The number of hydrogen-bond acceptors (Lipinski definition) is 0. The van der Waals surface area contributed by atoms with Gasteiger partial charge in [-0.2, -0.15) is 0 Å². The molecular weight excluding hydrogens is 424 g/mol. The Bertz CT molecular complexity index is 1270. The zero-order valence-electron chi connectivity index (χ0n) is 12.7. The van der Waals surface area contributed by atoms with Gasteiger partial charge in [0, 0.05) is 8.95 Å². The third kappa shape index (κ3) is 2.25. The van der Waals surface area contributed by atoms with Crippen LogP contribution >= 0.6 is 31.9 Å². The highest BCUT2D eigenvalue weighted by molar-refractivity contribution is 9.11. The van der Waals surface area contributed by atoms with Gasteiger partial charge in [0.15, 0.2) is 0 Å². The maximum absolute atomic E-state index is 3.69. The van der Waals surface area contributed by atoms with Crippen molar-refractivity contribution < 1.29 is 0 Å². The number of hydrogen-bond donors (Lipinski definition) is 0. The van der Waals surface area contributed by atoms with E-state index < -0.39 is 0 Å². The van der Waals surface area contributed by atoms with Gasteiger partial charge in [-0.05, 0) is 91.6 Å². The first-order chi connectivity index (χ1) is 11.7. The Hall–Kier alpha value is -1.90. The maximum Gasteiger partial charge on any atom is 0.0265 e. The van der Waals surface area contributed by atoms with Crippen LogP contribution in [0.5, 0.6) is 0 Å². The second-order valence-corrected chi connectivity index (χ2v) is 7.98. The van der Waals surface area contributed by atoms with E-state index in [-0.39, 0.29) is 0 Å². The van der Waals surface area contributed by atoms with Crippen molar-refractivity contribution >= 4 is 74.9 Å². The SMILES string of the molecule is Brc1cc(Br)c2cc3cc4cc5ccccc5cc4cc3cc2c1. The smallest absolute Gasteiger partial charge is 0.0265 e. The molecule has 0 fully saturated rings. The molecule has 0 aromatic heterocycles. The molecule has 0 aliphatic carbocycles. The molecule has 0 unspecified atom stereocenters. The van der Waals surface area contributed by atoms with E-state index in [1.807, 2.05) is 0 Å². The molecule has 0 bridgehead atoms. The van der Waals surface area contributed by atoms with Crippen LogP contribution in [0.25, 0.3) is 43.1 Å². The molecule has 5 rings (SSSR count). The monoisotopic (exact) mass is 434 g/mol. The largest absolute Gasteiger partial charge is 0.0616 e. The van der Waals surface area contributed by atoms with Gasteiger partial charge in [-0.3, -0.25) is 0 Å². The predicted molar refractivity (Wildman–Crippen MR) is 112 cm³/mol. The van der Waals surface area contributed by atoms with Gasteiger partial charge in [-0.1, -0.05) is 56.1 Å². The Morgan fingerprint density at radius 3 is 1.58 bits per heavy atom. The molecule has 2 heteroatoms. The van der Waals surface area contributed by atoms with Crippen LogP contribution in [0.4, 0.5) is 0 Å². The van der Waals surface area contributed by atoms with Crippen molar-refractivity contribution in [2.24, 2.45) is 0 Å². The number of benzene rings is 5. The van der Waals surface area contributed by atoms with Crippen molar-refractivity contribution in [2.45, 2.75) is 0 Å². The van der Waals surface area contributed by atoms with Gasteiger partial charge in [-0.15, -0.1) is 0 Å². The fourth-order valence-electron chi connectivity index (χ4n) is 3.48. The second-order valence-electron chi connectivity index (χ2n) is 6.21. The minimum absolute atomic E-state index is 1.09. The highest BCUT2D eigenvalue weighted by atomic mass is 79.9. The third-order valence-corrected chi connectivity index (χ3v) is 5.76. The summed E-state index contributed by atoms with van der Waals surface area (Å²) < 4.78 is 2.21. The quantitative estimate of drug-likeness (QED) is 0.217. The predicted octanol–water partition coefficient (Wildman–Crippen LogP) is 7.82. The average Bonchev–Trinajstić information content (AvgIpc) is 2.56. The fraction of sp³-hybridized carbons (Fsp3) is 0. The van der Waals surface area contributed by atoms with Crippen molar-refractivity contribution in [3.8, 4) is 0 Å². The van der Waals surface area contributed by atoms with Gasteiger partial charge in [0.25, 0.3) is 0 Å². The van der Waals surface area contributed by atoms with Gasteiger partial charge in [0.2, 0.25) is 0 Å². The molecule has 0 amide bonds. The molecule has 0 heterocycles. The summed E-state index contributed by atoms with van der Waals surface area (Å²) >= 11 is 7.27. The first kappa shape index (κ1) is 14.4. The molecule has 0 radical (unpaired) electrons. The van der Waals surface area contributed by atoms with Crippen LogP contribution in [0.3, 0.4) is 0 Å². The highest BCUT2D eigenvalue weighted by Gasteiger charge is 2.06. The van der Waals surface area contributed by atoms with Gasteiger partial charge in [0.05, 0.1) is 0 Å². The minimum Gasteiger partial charge on any atom is -0.0616 e. The van der Waals surface area contributed by atoms with E-state index in [9.17, 15) is 0 Å². The summed E-state index contributed by atoms with van der Waals surface area (Å²) in [6.45, 7) is 0. The maximum atomic E-state index is 3.69. The van der Waals surface area contributed by atoms with Crippen LogP contribution < -0.4 is 0 Å². The minimum atomic E-state index is 1.09. The van der Waals surface area contributed by atoms with Crippen LogP contribution in [0.15, 0.2) is 81.7 Å². The van der Waals surface area contributed by atoms with Crippen molar-refractivity contribution in [3.05, 3.63) is 81.7 Å². The van der Waals surface area contributed by atoms with Gasteiger partial charge >= 0.3 is 0 Å². The lowest BCUT2D eigenvalue weighted by molar-refractivity contribution is 1.69. The van der Waals surface area contributed by atoms with E-state index in [4.69, 9.17) is 0 Å². The Morgan fingerprint density at radius 2 is 0.958 bits per heavy atom. The Balaban J connectivity index is 1.91.